The van der Waals surface area contributed by atoms with E-state index >= 15 is 0 Å². The Morgan fingerprint density at radius 3 is 2.80 bits per heavy atom. The third-order valence-electron chi connectivity index (χ3n) is 3.35. The van der Waals surface area contributed by atoms with Gasteiger partial charge in [0, 0.05) is 18.1 Å². The molecule has 3 rings (SSSR count). The maximum absolute atomic E-state index is 13.5. The van der Waals surface area contributed by atoms with Crippen LogP contribution in [0.2, 0.25) is 0 Å². The van der Waals surface area contributed by atoms with Crippen LogP contribution in [0, 0.1) is 12.7 Å². The van der Waals surface area contributed by atoms with E-state index < -0.39 is 0 Å². The molecule has 0 saturated carbocycles. The lowest BCUT2D eigenvalue weighted by atomic mass is 10.1. The number of benzene rings is 2. The first-order valence-corrected chi connectivity index (χ1v) is 6.57. The molecule has 1 aromatic heterocycles. The summed E-state index contributed by atoms with van der Waals surface area (Å²) in [6, 6.07) is 15.3. The Hall–Kier alpha value is -2.42. The van der Waals surface area contributed by atoms with Crippen LogP contribution in [0.1, 0.15) is 11.1 Å². The lowest BCUT2D eigenvalue weighted by Crippen LogP contribution is -2.01. The molecule has 2 nitrogen and oxygen atoms in total. The van der Waals surface area contributed by atoms with Crippen LogP contribution in [0.3, 0.4) is 0 Å². The Morgan fingerprint density at radius 2 is 1.95 bits per heavy atom. The number of pyridine rings is 1. The number of aryl methyl sites for hydroxylation is 1. The van der Waals surface area contributed by atoms with Gasteiger partial charge in [0.25, 0.3) is 0 Å². The summed E-state index contributed by atoms with van der Waals surface area (Å²) in [6.45, 7) is 2.34. The number of fused-ring (bicyclic) bond motifs is 1. The average molecular weight is 266 g/mol. The zero-order valence-electron chi connectivity index (χ0n) is 11.2. The van der Waals surface area contributed by atoms with Gasteiger partial charge < -0.3 is 5.32 Å². The molecule has 0 aliphatic carbocycles. The van der Waals surface area contributed by atoms with Crippen molar-refractivity contribution in [2.45, 2.75) is 13.5 Å². The van der Waals surface area contributed by atoms with Crippen LogP contribution >= 0.6 is 0 Å². The van der Waals surface area contributed by atoms with Gasteiger partial charge in [-0.15, -0.1) is 0 Å². The van der Waals surface area contributed by atoms with Crippen molar-refractivity contribution in [3.63, 3.8) is 0 Å². The lowest BCUT2D eigenvalue weighted by Gasteiger charge is -2.09. The van der Waals surface area contributed by atoms with E-state index in [1.807, 2.05) is 36.4 Å². The van der Waals surface area contributed by atoms with Crippen LogP contribution in [0.5, 0.6) is 0 Å². The molecule has 0 aliphatic heterocycles. The minimum atomic E-state index is -0.166. The normalized spacial score (nSPS) is 10.7. The van der Waals surface area contributed by atoms with Gasteiger partial charge in [0.1, 0.15) is 5.82 Å². The van der Waals surface area contributed by atoms with Gasteiger partial charge in [-0.25, -0.2) is 4.39 Å². The van der Waals surface area contributed by atoms with E-state index in [4.69, 9.17) is 0 Å². The van der Waals surface area contributed by atoms with Crippen LogP contribution in [-0.4, -0.2) is 4.98 Å². The standard InChI is InChI=1S/C17H15FN2/c1-12-7-8-13(10-15(12)18)11-20-16-6-2-4-14-5-3-9-19-17(14)16/h2-10,20H,11H2,1H3. The van der Waals surface area contributed by atoms with Crippen molar-refractivity contribution in [3.8, 4) is 0 Å². The lowest BCUT2D eigenvalue weighted by molar-refractivity contribution is 0.616. The van der Waals surface area contributed by atoms with Gasteiger partial charge in [-0.3, -0.25) is 4.98 Å². The highest BCUT2D eigenvalue weighted by molar-refractivity contribution is 5.90. The largest absolute Gasteiger partial charge is 0.379 e. The van der Waals surface area contributed by atoms with Gasteiger partial charge in [0.05, 0.1) is 11.2 Å². The van der Waals surface area contributed by atoms with Gasteiger partial charge in [-0.05, 0) is 36.2 Å². The number of halogens is 1. The van der Waals surface area contributed by atoms with Crippen LogP contribution in [-0.2, 0) is 6.54 Å². The van der Waals surface area contributed by atoms with E-state index in [9.17, 15) is 4.39 Å². The number of anilines is 1. The monoisotopic (exact) mass is 266 g/mol. The zero-order chi connectivity index (χ0) is 13.9. The SMILES string of the molecule is Cc1ccc(CNc2cccc3cccnc23)cc1F. The quantitative estimate of drug-likeness (QED) is 0.764. The van der Waals surface area contributed by atoms with Gasteiger partial charge in [0.2, 0.25) is 0 Å². The van der Waals surface area contributed by atoms with Crippen molar-refractivity contribution in [3.05, 3.63) is 71.7 Å². The molecule has 2 aromatic carbocycles. The highest BCUT2D eigenvalue weighted by Crippen LogP contribution is 2.21. The molecule has 0 atom stereocenters. The fourth-order valence-corrected chi connectivity index (χ4v) is 2.19. The highest BCUT2D eigenvalue weighted by Gasteiger charge is 2.03. The fourth-order valence-electron chi connectivity index (χ4n) is 2.19. The summed E-state index contributed by atoms with van der Waals surface area (Å²) in [5.41, 5.74) is 3.48. The van der Waals surface area contributed by atoms with E-state index in [0.717, 1.165) is 22.2 Å². The van der Waals surface area contributed by atoms with E-state index in [-0.39, 0.29) is 5.82 Å². The molecule has 0 radical (unpaired) electrons. The second-order valence-electron chi connectivity index (χ2n) is 4.82. The van der Waals surface area contributed by atoms with Crippen LogP contribution < -0.4 is 5.32 Å². The summed E-state index contributed by atoms with van der Waals surface area (Å²) in [5.74, 6) is -0.166. The van der Waals surface area contributed by atoms with E-state index in [1.54, 1.807) is 25.3 Å². The first-order chi connectivity index (χ1) is 9.74. The van der Waals surface area contributed by atoms with Gasteiger partial charge >= 0.3 is 0 Å². The molecule has 0 unspecified atom stereocenters. The van der Waals surface area contributed by atoms with Gasteiger partial charge in [0.15, 0.2) is 0 Å². The number of nitrogens with zero attached hydrogens (tertiary/aromatic N) is 1. The molecule has 0 saturated heterocycles. The molecule has 100 valence electrons. The Labute approximate surface area is 117 Å². The van der Waals surface area contributed by atoms with E-state index in [2.05, 4.69) is 10.3 Å². The van der Waals surface area contributed by atoms with Crippen molar-refractivity contribution in [1.82, 2.24) is 4.98 Å². The number of rotatable bonds is 3. The topological polar surface area (TPSA) is 24.9 Å². The number of nitrogens with one attached hydrogen (secondary N) is 1. The summed E-state index contributed by atoms with van der Waals surface area (Å²) < 4.78 is 13.5. The number of para-hydroxylation sites is 1. The fraction of sp³-hybridized carbons (Fsp3) is 0.118. The molecule has 1 heterocycles. The molecule has 1 N–H and O–H groups in total. The molecule has 0 fully saturated rings. The molecule has 3 heteroatoms. The second-order valence-corrected chi connectivity index (χ2v) is 4.82. The Kier molecular flexibility index (Phi) is 3.33. The summed E-state index contributed by atoms with van der Waals surface area (Å²) in [5, 5.41) is 4.41. The predicted octanol–water partition coefficient (Wildman–Crippen LogP) is 4.29. The second kappa shape index (κ2) is 5.29. The average Bonchev–Trinajstić information content (AvgIpc) is 2.48. The van der Waals surface area contributed by atoms with Gasteiger partial charge in [-0.2, -0.15) is 0 Å². The molecule has 0 bridgehead atoms. The summed E-state index contributed by atoms with van der Waals surface area (Å²) in [4.78, 5) is 4.39. The highest BCUT2D eigenvalue weighted by atomic mass is 19.1. The predicted molar refractivity (Wildman–Crippen MR) is 80.2 cm³/mol. The zero-order valence-corrected chi connectivity index (χ0v) is 11.2. The number of hydrogen-bond acceptors (Lipinski definition) is 2. The first kappa shape index (κ1) is 12.6. The van der Waals surface area contributed by atoms with Crippen LogP contribution in [0.25, 0.3) is 10.9 Å². The molecular formula is C17H15FN2. The maximum Gasteiger partial charge on any atom is 0.126 e. The van der Waals surface area contributed by atoms with Gasteiger partial charge in [-0.1, -0.05) is 30.3 Å². The Morgan fingerprint density at radius 1 is 1.10 bits per heavy atom. The minimum absolute atomic E-state index is 0.166. The number of aromatic nitrogens is 1. The molecule has 20 heavy (non-hydrogen) atoms. The summed E-state index contributed by atoms with van der Waals surface area (Å²) in [6.07, 6.45) is 1.78. The summed E-state index contributed by atoms with van der Waals surface area (Å²) in [7, 11) is 0. The third kappa shape index (κ3) is 2.48. The van der Waals surface area contributed by atoms with Crippen LogP contribution in [0.15, 0.2) is 54.7 Å². The van der Waals surface area contributed by atoms with Crippen LogP contribution in [0.4, 0.5) is 10.1 Å². The Balaban J connectivity index is 1.85. The molecule has 0 aliphatic rings. The smallest absolute Gasteiger partial charge is 0.126 e. The number of hydrogen-bond donors (Lipinski definition) is 1. The van der Waals surface area contributed by atoms with Crippen molar-refractivity contribution in [2.75, 3.05) is 5.32 Å². The van der Waals surface area contributed by atoms with E-state index in [1.165, 1.54) is 0 Å². The molecule has 0 amide bonds. The molecule has 0 spiro atoms. The molecule has 3 aromatic rings. The third-order valence-corrected chi connectivity index (χ3v) is 3.35. The maximum atomic E-state index is 13.5. The summed E-state index contributed by atoms with van der Waals surface area (Å²) >= 11 is 0. The van der Waals surface area contributed by atoms with Crippen molar-refractivity contribution >= 4 is 16.6 Å². The van der Waals surface area contributed by atoms with Crippen molar-refractivity contribution < 1.29 is 4.39 Å². The van der Waals surface area contributed by atoms with E-state index in [0.29, 0.717) is 12.1 Å². The van der Waals surface area contributed by atoms with Crippen molar-refractivity contribution in [2.24, 2.45) is 0 Å². The Bertz CT molecular complexity index is 748. The molecular weight excluding hydrogens is 251 g/mol. The minimum Gasteiger partial charge on any atom is -0.379 e. The first-order valence-electron chi connectivity index (χ1n) is 6.57. The van der Waals surface area contributed by atoms with Crippen molar-refractivity contribution in [1.29, 1.82) is 0 Å².